The molecule has 3 nitrogen and oxygen atoms in total. The first kappa shape index (κ1) is 13.6. The Morgan fingerprint density at radius 2 is 2.12 bits per heavy atom. The molecule has 1 rings (SSSR count). The van der Waals surface area contributed by atoms with Crippen molar-refractivity contribution in [3.63, 3.8) is 0 Å². The maximum Gasteiger partial charge on any atom is 0.180 e. The van der Waals surface area contributed by atoms with Crippen LogP contribution in [0.15, 0.2) is 18.2 Å². The van der Waals surface area contributed by atoms with Gasteiger partial charge in [0.1, 0.15) is 11.6 Å². The molecular formula is C13H18FNO2. The van der Waals surface area contributed by atoms with Crippen LogP contribution in [0, 0.1) is 5.82 Å². The number of carbonyl (C=O) groups excluding carboxylic acids is 1. The molecule has 0 amide bonds. The van der Waals surface area contributed by atoms with Crippen LogP contribution in [-0.2, 0) is 0 Å². The number of benzene rings is 1. The molecule has 0 aliphatic rings. The van der Waals surface area contributed by atoms with E-state index in [9.17, 15) is 9.18 Å². The molecule has 0 atom stereocenters. The summed E-state index contributed by atoms with van der Waals surface area (Å²) in [4.78, 5) is 13.9. The minimum atomic E-state index is -0.429. The normalized spacial score (nSPS) is 11.0. The summed E-state index contributed by atoms with van der Waals surface area (Å²) >= 11 is 0. The molecule has 0 heterocycles. The summed E-state index contributed by atoms with van der Waals surface area (Å²) < 4.78 is 18.2. The monoisotopic (exact) mass is 239 g/mol. The molecule has 0 bridgehead atoms. The van der Waals surface area contributed by atoms with Crippen LogP contribution < -0.4 is 4.74 Å². The second kappa shape index (κ2) is 5.77. The molecule has 0 spiro atoms. The summed E-state index contributed by atoms with van der Waals surface area (Å²) in [6.07, 6.45) is 0. The lowest BCUT2D eigenvalue weighted by atomic mass is 10.1. The maximum absolute atomic E-state index is 13.1. The fourth-order valence-electron chi connectivity index (χ4n) is 1.39. The number of ether oxygens (including phenoxy) is 1. The van der Waals surface area contributed by atoms with Gasteiger partial charge in [0, 0.05) is 6.04 Å². The Kier molecular flexibility index (Phi) is 4.63. The summed E-state index contributed by atoms with van der Waals surface area (Å²) in [7, 11) is 3.32. The average Bonchev–Trinajstić information content (AvgIpc) is 2.28. The highest BCUT2D eigenvalue weighted by Gasteiger charge is 2.16. The molecule has 0 saturated carbocycles. The van der Waals surface area contributed by atoms with Crippen molar-refractivity contribution in [2.24, 2.45) is 0 Å². The SMILES string of the molecule is COc1ccc(F)cc1C(=O)CN(C)C(C)C. The van der Waals surface area contributed by atoms with Gasteiger partial charge in [-0.15, -0.1) is 0 Å². The standard InChI is InChI=1S/C13H18FNO2/c1-9(2)15(3)8-12(16)11-7-10(14)5-6-13(11)17-4/h5-7,9H,8H2,1-4H3. The van der Waals surface area contributed by atoms with Gasteiger partial charge in [-0.1, -0.05) is 0 Å². The van der Waals surface area contributed by atoms with E-state index in [1.54, 1.807) is 0 Å². The van der Waals surface area contributed by atoms with Crippen LogP contribution >= 0.6 is 0 Å². The zero-order chi connectivity index (χ0) is 13.0. The molecule has 4 heteroatoms. The van der Waals surface area contributed by atoms with E-state index in [2.05, 4.69) is 0 Å². The van der Waals surface area contributed by atoms with Gasteiger partial charge in [0.2, 0.25) is 0 Å². The van der Waals surface area contributed by atoms with Crippen LogP contribution in [0.25, 0.3) is 0 Å². The fraction of sp³-hybridized carbons (Fsp3) is 0.462. The molecule has 0 aliphatic carbocycles. The topological polar surface area (TPSA) is 29.5 Å². The molecule has 0 N–H and O–H groups in total. The highest BCUT2D eigenvalue weighted by atomic mass is 19.1. The van der Waals surface area contributed by atoms with Crippen LogP contribution in [0.4, 0.5) is 4.39 Å². The Labute approximate surface area is 101 Å². The molecule has 0 radical (unpaired) electrons. The predicted octanol–water partition coefficient (Wildman–Crippen LogP) is 2.36. The molecule has 17 heavy (non-hydrogen) atoms. The minimum Gasteiger partial charge on any atom is -0.496 e. The third kappa shape index (κ3) is 3.53. The van der Waals surface area contributed by atoms with Crippen LogP contribution in [0.3, 0.4) is 0 Å². The smallest absolute Gasteiger partial charge is 0.180 e. The van der Waals surface area contributed by atoms with E-state index in [1.165, 1.54) is 25.3 Å². The number of halogens is 1. The summed E-state index contributed by atoms with van der Waals surface area (Å²) in [5.74, 6) is -0.160. The fourth-order valence-corrected chi connectivity index (χ4v) is 1.39. The van der Waals surface area contributed by atoms with Gasteiger partial charge in [-0.05, 0) is 39.1 Å². The van der Waals surface area contributed by atoms with E-state index < -0.39 is 5.82 Å². The Morgan fingerprint density at radius 3 is 2.65 bits per heavy atom. The highest BCUT2D eigenvalue weighted by Crippen LogP contribution is 2.20. The number of methoxy groups -OCH3 is 1. The van der Waals surface area contributed by atoms with Crippen LogP contribution in [-0.4, -0.2) is 37.4 Å². The van der Waals surface area contributed by atoms with E-state index in [1.807, 2.05) is 25.8 Å². The Morgan fingerprint density at radius 1 is 1.47 bits per heavy atom. The molecule has 1 aromatic rings. The highest BCUT2D eigenvalue weighted by molar-refractivity contribution is 6.00. The number of carbonyl (C=O) groups is 1. The Bertz CT molecular complexity index is 404. The van der Waals surface area contributed by atoms with Crippen LogP contribution in [0.5, 0.6) is 5.75 Å². The van der Waals surface area contributed by atoms with E-state index in [-0.39, 0.29) is 18.4 Å². The van der Waals surface area contributed by atoms with Gasteiger partial charge >= 0.3 is 0 Å². The lowest BCUT2D eigenvalue weighted by molar-refractivity contribution is 0.0926. The summed E-state index contributed by atoms with van der Waals surface area (Å²) in [6.45, 7) is 4.24. The van der Waals surface area contributed by atoms with Crippen LogP contribution in [0.1, 0.15) is 24.2 Å². The van der Waals surface area contributed by atoms with Crippen molar-refractivity contribution in [2.45, 2.75) is 19.9 Å². The van der Waals surface area contributed by atoms with Gasteiger partial charge in [0.05, 0.1) is 19.2 Å². The van der Waals surface area contributed by atoms with Gasteiger partial charge < -0.3 is 4.74 Å². The first-order valence-corrected chi connectivity index (χ1v) is 5.52. The number of likely N-dealkylation sites (N-methyl/N-ethyl adjacent to an activating group) is 1. The van der Waals surface area contributed by atoms with Crippen molar-refractivity contribution in [1.82, 2.24) is 4.90 Å². The predicted molar refractivity (Wildman–Crippen MR) is 65.0 cm³/mol. The van der Waals surface area contributed by atoms with Crippen molar-refractivity contribution >= 4 is 5.78 Å². The molecule has 0 aliphatic heterocycles. The third-order valence-corrected chi connectivity index (χ3v) is 2.74. The van der Waals surface area contributed by atoms with E-state index in [0.717, 1.165) is 0 Å². The first-order chi connectivity index (χ1) is 7.95. The zero-order valence-electron chi connectivity index (χ0n) is 10.7. The Balaban J connectivity index is 2.91. The second-order valence-corrected chi connectivity index (χ2v) is 4.28. The van der Waals surface area contributed by atoms with E-state index in [0.29, 0.717) is 11.3 Å². The molecule has 0 saturated heterocycles. The zero-order valence-corrected chi connectivity index (χ0v) is 10.7. The number of nitrogens with zero attached hydrogens (tertiary/aromatic N) is 1. The second-order valence-electron chi connectivity index (χ2n) is 4.28. The van der Waals surface area contributed by atoms with Crippen LogP contribution in [0.2, 0.25) is 0 Å². The van der Waals surface area contributed by atoms with Crippen molar-refractivity contribution in [2.75, 3.05) is 20.7 Å². The molecule has 1 aromatic carbocycles. The number of Topliss-reactive ketones (excluding diaryl/α,β-unsaturated/α-hetero) is 1. The summed E-state index contributed by atoms with van der Waals surface area (Å²) in [6, 6.07) is 4.23. The Hall–Kier alpha value is -1.42. The molecule has 0 aromatic heterocycles. The van der Waals surface area contributed by atoms with Crippen molar-refractivity contribution in [3.8, 4) is 5.75 Å². The van der Waals surface area contributed by atoms with Gasteiger partial charge in [-0.25, -0.2) is 4.39 Å². The lowest BCUT2D eigenvalue weighted by Gasteiger charge is -2.20. The number of hydrogen-bond acceptors (Lipinski definition) is 3. The molecular weight excluding hydrogens is 221 g/mol. The minimum absolute atomic E-state index is 0.141. The number of rotatable bonds is 5. The molecule has 0 unspecified atom stereocenters. The summed E-state index contributed by atoms with van der Waals surface area (Å²) in [5.41, 5.74) is 0.292. The van der Waals surface area contributed by atoms with Gasteiger partial charge in [-0.3, -0.25) is 9.69 Å². The molecule has 0 fully saturated rings. The largest absolute Gasteiger partial charge is 0.496 e. The first-order valence-electron chi connectivity index (χ1n) is 5.52. The number of ketones is 1. The van der Waals surface area contributed by atoms with E-state index >= 15 is 0 Å². The molecule has 94 valence electrons. The van der Waals surface area contributed by atoms with E-state index in [4.69, 9.17) is 4.74 Å². The third-order valence-electron chi connectivity index (χ3n) is 2.74. The average molecular weight is 239 g/mol. The van der Waals surface area contributed by atoms with Crippen molar-refractivity contribution in [1.29, 1.82) is 0 Å². The van der Waals surface area contributed by atoms with Gasteiger partial charge in [0.25, 0.3) is 0 Å². The van der Waals surface area contributed by atoms with Gasteiger partial charge in [-0.2, -0.15) is 0 Å². The lowest BCUT2D eigenvalue weighted by Crippen LogP contribution is -2.32. The van der Waals surface area contributed by atoms with Crippen molar-refractivity contribution < 1.29 is 13.9 Å². The number of hydrogen-bond donors (Lipinski definition) is 0. The maximum atomic E-state index is 13.1. The summed E-state index contributed by atoms with van der Waals surface area (Å²) in [5, 5.41) is 0. The quantitative estimate of drug-likeness (QED) is 0.739. The van der Waals surface area contributed by atoms with Crippen molar-refractivity contribution in [3.05, 3.63) is 29.6 Å². The van der Waals surface area contributed by atoms with Gasteiger partial charge in [0.15, 0.2) is 5.78 Å².